The Labute approximate surface area is 150 Å². The summed E-state index contributed by atoms with van der Waals surface area (Å²) in [6.07, 6.45) is -3.87. The second-order valence-corrected chi connectivity index (χ2v) is 5.86. The minimum absolute atomic E-state index is 0.0874. The Hall–Kier alpha value is -2.54. The van der Waals surface area contributed by atoms with Crippen molar-refractivity contribution in [1.82, 2.24) is 10.6 Å². The lowest BCUT2D eigenvalue weighted by Gasteiger charge is -2.14. The first-order valence-electron chi connectivity index (χ1n) is 8.27. The molecule has 0 heterocycles. The second kappa shape index (κ2) is 9.24. The van der Waals surface area contributed by atoms with Crippen LogP contribution in [-0.2, 0) is 12.6 Å². The van der Waals surface area contributed by atoms with Crippen molar-refractivity contribution < 1.29 is 23.1 Å². The number of urea groups is 1. The molecule has 2 aromatic carbocycles. The molecule has 0 aliphatic rings. The molecule has 7 heteroatoms. The zero-order valence-electron chi connectivity index (χ0n) is 14.1. The normalized spacial score (nSPS) is 12.5. The molecule has 0 unspecified atom stereocenters. The Bertz CT molecular complexity index is 688. The van der Waals surface area contributed by atoms with Crippen LogP contribution in [0.15, 0.2) is 54.6 Å². The van der Waals surface area contributed by atoms with Crippen LogP contribution >= 0.6 is 0 Å². The van der Waals surface area contributed by atoms with Gasteiger partial charge in [0.1, 0.15) is 0 Å². The van der Waals surface area contributed by atoms with Crippen LogP contribution in [0.25, 0.3) is 0 Å². The number of hydrogen-bond donors (Lipinski definition) is 3. The molecule has 140 valence electrons. The van der Waals surface area contributed by atoms with E-state index in [4.69, 9.17) is 0 Å². The van der Waals surface area contributed by atoms with Gasteiger partial charge in [-0.25, -0.2) is 4.79 Å². The molecule has 3 N–H and O–H groups in total. The maximum absolute atomic E-state index is 12.5. The summed E-state index contributed by atoms with van der Waals surface area (Å²) in [4.78, 5) is 11.7. The summed E-state index contributed by atoms with van der Waals surface area (Å²) in [5.41, 5.74) is 0.715. The van der Waals surface area contributed by atoms with Gasteiger partial charge in [0.25, 0.3) is 0 Å². The highest BCUT2D eigenvalue weighted by Crippen LogP contribution is 2.29. The first-order valence-corrected chi connectivity index (χ1v) is 8.27. The minimum Gasteiger partial charge on any atom is -0.387 e. The van der Waals surface area contributed by atoms with E-state index in [1.54, 1.807) is 0 Å². The Balaban J connectivity index is 1.68. The second-order valence-electron chi connectivity index (χ2n) is 5.86. The van der Waals surface area contributed by atoms with Crippen LogP contribution in [-0.4, -0.2) is 24.2 Å². The van der Waals surface area contributed by atoms with Crippen LogP contribution in [0.2, 0.25) is 0 Å². The van der Waals surface area contributed by atoms with Gasteiger partial charge >= 0.3 is 12.2 Å². The number of carbonyl (C=O) groups excluding carboxylic acids is 1. The van der Waals surface area contributed by atoms with E-state index in [0.29, 0.717) is 12.1 Å². The van der Waals surface area contributed by atoms with Crippen LogP contribution in [0, 0.1) is 0 Å². The van der Waals surface area contributed by atoms with Crippen LogP contribution in [0.1, 0.15) is 29.2 Å². The summed E-state index contributed by atoms with van der Waals surface area (Å²) >= 11 is 0. The summed E-state index contributed by atoms with van der Waals surface area (Å²) in [6, 6.07) is 13.7. The molecule has 1 atom stereocenters. The number of aliphatic hydroxyl groups is 1. The SMILES string of the molecule is O=C(NCCCc1ccccc1)NC[C@H](O)c1ccc(C(F)(F)F)cc1. The fourth-order valence-electron chi connectivity index (χ4n) is 2.40. The highest BCUT2D eigenvalue weighted by molar-refractivity contribution is 5.73. The van der Waals surface area contributed by atoms with Crippen molar-refractivity contribution in [1.29, 1.82) is 0 Å². The van der Waals surface area contributed by atoms with Crippen molar-refractivity contribution in [2.75, 3.05) is 13.1 Å². The van der Waals surface area contributed by atoms with Gasteiger partial charge in [-0.1, -0.05) is 42.5 Å². The molecular weight excluding hydrogens is 345 g/mol. The van der Waals surface area contributed by atoms with Gasteiger partial charge in [0, 0.05) is 13.1 Å². The third kappa shape index (κ3) is 6.40. The minimum atomic E-state index is -4.42. The van der Waals surface area contributed by atoms with Crippen LogP contribution < -0.4 is 10.6 Å². The molecule has 26 heavy (non-hydrogen) atoms. The molecule has 0 spiro atoms. The van der Waals surface area contributed by atoms with Crippen LogP contribution in [0.3, 0.4) is 0 Å². The van der Waals surface area contributed by atoms with E-state index in [9.17, 15) is 23.1 Å². The number of alkyl halides is 3. The molecule has 0 aliphatic heterocycles. The molecule has 0 saturated heterocycles. The van der Waals surface area contributed by atoms with E-state index in [2.05, 4.69) is 10.6 Å². The zero-order valence-corrected chi connectivity index (χ0v) is 14.1. The van der Waals surface area contributed by atoms with Gasteiger partial charge in [-0.2, -0.15) is 13.2 Å². The molecule has 0 aromatic heterocycles. The summed E-state index contributed by atoms with van der Waals surface area (Å²) < 4.78 is 37.5. The molecule has 2 aromatic rings. The highest BCUT2D eigenvalue weighted by atomic mass is 19.4. The number of rotatable bonds is 7. The number of carbonyl (C=O) groups is 1. The zero-order chi connectivity index (χ0) is 19.0. The topological polar surface area (TPSA) is 61.4 Å². The summed E-state index contributed by atoms with van der Waals surface area (Å²) in [5.74, 6) is 0. The van der Waals surface area contributed by atoms with Crippen molar-refractivity contribution in [2.24, 2.45) is 0 Å². The number of aliphatic hydroxyl groups excluding tert-OH is 1. The van der Waals surface area contributed by atoms with Crippen molar-refractivity contribution in [3.63, 3.8) is 0 Å². The van der Waals surface area contributed by atoms with Gasteiger partial charge < -0.3 is 15.7 Å². The number of benzene rings is 2. The highest BCUT2D eigenvalue weighted by Gasteiger charge is 2.30. The quantitative estimate of drug-likeness (QED) is 0.655. The first kappa shape index (κ1) is 19.8. The van der Waals surface area contributed by atoms with E-state index >= 15 is 0 Å². The molecule has 0 saturated carbocycles. The van der Waals surface area contributed by atoms with Crippen LogP contribution in [0.4, 0.5) is 18.0 Å². The fraction of sp³-hybridized carbons (Fsp3) is 0.316. The van der Waals surface area contributed by atoms with E-state index in [-0.39, 0.29) is 6.54 Å². The largest absolute Gasteiger partial charge is 0.416 e. The molecule has 0 fully saturated rings. The maximum atomic E-state index is 12.5. The molecule has 2 rings (SSSR count). The number of halogens is 3. The van der Waals surface area contributed by atoms with Crippen molar-refractivity contribution in [3.8, 4) is 0 Å². The molecule has 2 amide bonds. The van der Waals surface area contributed by atoms with Gasteiger partial charge in [0.2, 0.25) is 0 Å². The smallest absolute Gasteiger partial charge is 0.387 e. The van der Waals surface area contributed by atoms with E-state index in [1.807, 2.05) is 30.3 Å². The molecule has 4 nitrogen and oxygen atoms in total. The van der Waals surface area contributed by atoms with Gasteiger partial charge in [0.05, 0.1) is 11.7 Å². The lowest BCUT2D eigenvalue weighted by molar-refractivity contribution is -0.137. The Kier molecular flexibility index (Phi) is 7.03. The standard InChI is InChI=1S/C19H21F3N2O2/c20-19(21,22)16-10-8-15(9-11-16)17(25)13-24-18(26)23-12-4-7-14-5-2-1-3-6-14/h1-3,5-6,8-11,17,25H,4,7,12-13H2,(H2,23,24,26)/t17-/m0/s1. The molecule has 0 aliphatic carbocycles. The Morgan fingerprint density at radius 2 is 1.65 bits per heavy atom. The molecule has 0 radical (unpaired) electrons. The average Bonchev–Trinajstić information content (AvgIpc) is 2.63. The van der Waals surface area contributed by atoms with Crippen molar-refractivity contribution in [2.45, 2.75) is 25.1 Å². The lowest BCUT2D eigenvalue weighted by Crippen LogP contribution is -2.38. The number of aryl methyl sites for hydroxylation is 1. The van der Waals surface area contributed by atoms with Gasteiger partial charge in [-0.05, 0) is 36.1 Å². The Morgan fingerprint density at radius 3 is 2.27 bits per heavy atom. The average molecular weight is 366 g/mol. The summed E-state index contributed by atoms with van der Waals surface area (Å²) in [6.45, 7) is 0.396. The third-order valence-electron chi connectivity index (χ3n) is 3.85. The first-order chi connectivity index (χ1) is 12.4. The van der Waals surface area contributed by atoms with Gasteiger partial charge in [-0.3, -0.25) is 0 Å². The Morgan fingerprint density at radius 1 is 1.00 bits per heavy atom. The summed E-state index contributed by atoms with van der Waals surface area (Å²) in [5, 5.41) is 15.1. The number of nitrogens with one attached hydrogen (secondary N) is 2. The molecule has 0 bridgehead atoms. The van der Waals surface area contributed by atoms with Crippen molar-refractivity contribution >= 4 is 6.03 Å². The maximum Gasteiger partial charge on any atom is 0.416 e. The van der Waals surface area contributed by atoms with E-state index in [0.717, 1.165) is 25.0 Å². The molecular formula is C19H21F3N2O2. The fourth-order valence-corrected chi connectivity index (χ4v) is 2.40. The predicted molar refractivity (Wildman–Crippen MR) is 92.6 cm³/mol. The van der Waals surface area contributed by atoms with Crippen LogP contribution in [0.5, 0.6) is 0 Å². The summed E-state index contributed by atoms with van der Waals surface area (Å²) in [7, 11) is 0. The lowest BCUT2D eigenvalue weighted by atomic mass is 10.1. The number of amides is 2. The number of hydrogen-bond acceptors (Lipinski definition) is 2. The van der Waals surface area contributed by atoms with Gasteiger partial charge in [0.15, 0.2) is 0 Å². The van der Waals surface area contributed by atoms with Crippen molar-refractivity contribution in [3.05, 3.63) is 71.3 Å². The van der Waals surface area contributed by atoms with E-state index in [1.165, 1.54) is 17.7 Å². The van der Waals surface area contributed by atoms with E-state index < -0.39 is 23.9 Å². The monoisotopic (exact) mass is 366 g/mol. The predicted octanol–water partition coefficient (Wildman–Crippen LogP) is 3.67. The van der Waals surface area contributed by atoms with Gasteiger partial charge in [-0.15, -0.1) is 0 Å². The third-order valence-corrected chi connectivity index (χ3v) is 3.85.